The number of benzene rings is 1. The van der Waals surface area contributed by atoms with Crippen LogP contribution in [0.2, 0.25) is 0 Å². The van der Waals surface area contributed by atoms with Crippen molar-refractivity contribution in [3.63, 3.8) is 0 Å². The van der Waals surface area contributed by atoms with Gasteiger partial charge in [0.15, 0.2) is 0 Å². The summed E-state index contributed by atoms with van der Waals surface area (Å²) in [5.74, 6) is -0.606. The molecular weight excluding hydrogens is 270 g/mol. The third-order valence-electron chi connectivity index (χ3n) is 2.63. The summed E-state index contributed by atoms with van der Waals surface area (Å²) in [6, 6.07) is 6.77. The smallest absolute Gasteiger partial charge is 0.323 e. The highest BCUT2D eigenvalue weighted by Crippen LogP contribution is 2.19. The van der Waals surface area contributed by atoms with E-state index in [-0.39, 0.29) is 18.1 Å². The molecule has 0 fully saturated rings. The van der Waals surface area contributed by atoms with E-state index in [1.807, 2.05) is 27.7 Å². The lowest BCUT2D eigenvalue weighted by molar-refractivity contribution is -0.137. The molecule has 0 aliphatic heterocycles. The lowest BCUT2D eigenvalue weighted by Crippen LogP contribution is -2.36. The Morgan fingerprint density at radius 3 is 2.19 bits per heavy atom. The van der Waals surface area contributed by atoms with E-state index in [9.17, 15) is 9.59 Å². The lowest BCUT2D eigenvalue weighted by Gasteiger charge is -2.22. The predicted molar refractivity (Wildman–Crippen MR) is 80.7 cm³/mol. The number of aliphatic carboxylic acids is 1. The van der Waals surface area contributed by atoms with E-state index in [4.69, 9.17) is 9.84 Å². The van der Waals surface area contributed by atoms with Crippen LogP contribution in [0.3, 0.4) is 0 Å². The van der Waals surface area contributed by atoms with Crippen LogP contribution >= 0.6 is 0 Å². The van der Waals surface area contributed by atoms with Gasteiger partial charge in [-0.25, -0.2) is 0 Å². The molecule has 0 saturated heterocycles. The molecule has 0 spiro atoms. The fraction of sp³-hybridized carbons (Fsp3) is 0.500. The van der Waals surface area contributed by atoms with Gasteiger partial charge in [-0.05, 0) is 51.5 Å². The summed E-state index contributed by atoms with van der Waals surface area (Å²) >= 11 is 0. The number of carboxylic acids is 1. The molecule has 0 heterocycles. The molecule has 0 aliphatic carbocycles. The van der Waals surface area contributed by atoms with Crippen molar-refractivity contribution in [2.45, 2.75) is 39.7 Å². The molecule has 0 radical (unpaired) electrons. The summed E-state index contributed by atoms with van der Waals surface area (Å²) in [6.07, 6.45) is 0.713. The number of ether oxygens (including phenoxy) is 1. The quantitative estimate of drug-likeness (QED) is 0.875. The van der Waals surface area contributed by atoms with Gasteiger partial charge in [0.25, 0.3) is 5.91 Å². The van der Waals surface area contributed by atoms with Crippen molar-refractivity contribution in [2.24, 2.45) is 0 Å². The second kappa shape index (κ2) is 7.11. The molecule has 116 valence electrons. The maximum atomic E-state index is 12.3. The molecule has 0 bridgehead atoms. The zero-order chi connectivity index (χ0) is 16.0. The van der Waals surface area contributed by atoms with Gasteiger partial charge < -0.3 is 14.7 Å². The van der Waals surface area contributed by atoms with Gasteiger partial charge in [-0.3, -0.25) is 9.59 Å². The van der Waals surface area contributed by atoms with Gasteiger partial charge in [-0.15, -0.1) is 0 Å². The number of carboxylic acid groups (broad SMARTS) is 1. The third-order valence-corrected chi connectivity index (χ3v) is 2.63. The number of carbonyl (C=O) groups is 2. The first-order chi connectivity index (χ1) is 9.73. The molecule has 0 aliphatic rings. The van der Waals surface area contributed by atoms with Crippen LogP contribution in [0.1, 0.15) is 44.5 Å². The average Bonchev–Trinajstić information content (AvgIpc) is 2.36. The molecule has 1 aromatic carbocycles. The Bertz CT molecular complexity index is 488. The van der Waals surface area contributed by atoms with E-state index in [0.717, 1.165) is 0 Å². The zero-order valence-electron chi connectivity index (χ0n) is 13.0. The van der Waals surface area contributed by atoms with Gasteiger partial charge in [0, 0.05) is 12.1 Å². The summed E-state index contributed by atoms with van der Waals surface area (Å²) in [5, 5.41) is 8.86. The predicted octanol–water partition coefficient (Wildman–Crippen LogP) is 2.80. The highest BCUT2D eigenvalue weighted by atomic mass is 16.5. The zero-order valence-corrected chi connectivity index (χ0v) is 13.0. The standard InChI is InChI=1S/C16H23NO4/c1-5-10-17(11-14(18)19)15(20)12-6-8-13(9-7-12)21-16(2,3)4/h6-9H,5,10-11H2,1-4H3,(H,18,19). The molecule has 1 amide bonds. The van der Waals surface area contributed by atoms with E-state index in [2.05, 4.69) is 0 Å². The Hall–Kier alpha value is -2.04. The van der Waals surface area contributed by atoms with Crippen molar-refractivity contribution in [2.75, 3.05) is 13.1 Å². The minimum Gasteiger partial charge on any atom is -0.488 e. The maximum Gasteiger partial charge on any atom is 0.323 e. The van der Waals surface area contributed by atoms with Gasteiger partial charge in [0.2, 0.25) is 0 Å². The van der Waals surface area contributed by atoms with E-state index < -0.39 is 5.97 Å². The van der Waals surface area contributed by atoms with E-state index >= 15 is 0 Å². The van der Waals surface area contributed by atoms with Crippen LogP contribution in [-0.4, -0.2) is 40.6 Å². The van der Waals surface area contributed by atoms with Crippen molar-refractivity contribution in [3.05, 3.63) is 29.8 Å². The molecular formula is C16H23NO4. The van der Waals surface area contributed by atoms with Crippen molar-refractivity contribution >= 4 is 11.9 Å². The summed E-state index contributed by atoms with van der Waals surface area (Å²) in [5.41, 5.74) is 0.161. The minimum atomic E-state index is -1.01. The van der Waals surface area contributed by atoms with Crippen molar-refractivity contribution in [1.29, 1.82) is 0 Å². The number of rotatable bonds is 6. The topological polar surface area (TPSA) is 66.8 Å². The number of hydrogen-bond donors (Lipinski definition) is 1. The molecule has 5 heteroatoms. The second-order valence-electron chi connectivity index (χ2n) is 5.86. The Morgan fingerprint density at radius 2 is 1.76 bits per heavy atom. The summed E-state index contributed by atoms with van der Waals surface area (Å²) in [4.78, 5) is 24.4. The fourth-order valence-electron chi connectivity index (χ4n) is 1.89. The van der Waals surface area contributed by atoms with Crippen LogP contribution < -0.4 is 4.74 Å². The van der Waals surface area contributed by atoms with Gasteiger partial charge >= 0.3 is 5.97 Å². The number of carbonyl (C=O) groups excluding carboxylic acids is 1. The molecule has 0 atom stereocenters. The van der Waals surface area contributed by atoms with Crippen molar-refractivity contribution in [3.8, 4) is 5.75 Å². The van der Waals surface area contributed by atoms with Gasteiger partial charge in [-0.2, -0.15) is 0 Å². The third kappa shape index (κ3) is 5.85. The van der Waals surface area contributed by atoms with Crippen molar-refractivity contribution < 1.29 is 19.4 Å². The highest BCUT2D eigenvalue weighted by molar-refractivity contribution is 5.95. The molecule has 0 saturated carbocycles. The summed E-state index contributed by atoms with van der Waals surface area (Å²) < 4.78 is 5.69. The lowest BCUT2D eigenvalue weighted by atomic mass is 10.1. The largest absolute Gasteiger partial charge is 0.488 e. The van der Waals surface area contributed by atoms with Gasteiger partial charge in [0.05, 0.1) is 0 Å². The SMILES string of the molecule is CCCN(CC(=O)O)C(=O)c1ccc(OC(C)(C)C)cc1. The Kier molecular flexibility index (Phi) is 5.76. The van der Waals surface area contributed by atoms with E-state index in [0.29, 0.717) is 24.3 Å². The van der Waals surface area contributed by atoms with E-state index in [1.165, 1.54) is 4.90 Å². The van der Waals surface area contributed by atoms with Crippen LogP contribution in [0.5, 0.6) is 5.75 Å². The molecule has 0 unspecified atom stereocenters. The van der Waals surface area contributed by atoms with E-state index in [1.54, 1.807) is 24.3 Å². The minimum absolute atomic E-state index is 0.276. The van der Waals surface area contributed by atoms with Crippen LogP contribution in [0.15, 0.2) is 24.3 Å². The van der Waals surface area contributed by atoms with Crippen LogP contribution in [-0.2, 0) is 4.79 Å². The normalized spacial score (nSPS) is 11.0. The molecule has 21 heavy (non-hydrogen) atoms. The van der Waals surface area contributed by atoms with Crippen LogP contribution in [0.4, 0.5) is 0 Å². The molecule has 5 nitrogen and oxygen atoms in total. The van der Waals surface area contributed by atoms with Crippen molar-refractivity contribution in [1.82, 2.24) is 4.90 Å². The molecule has 1 aromatic rings. The Balaban J connectivity index is 2.83. The summed E-state index contributed by atoms with van der Waals surface area (Å²) in [7, 11) is 0. The summed E-state index contributed by atoms with van der Waals surface area (Å²) in [6.45, 7) is 7.88. The molecule has 0 aromatic heterocycles. The number of nitrogens with zero attached hydrogens (tertiary/aromatic N) is 1. The molecule has 1 N–H and O–H groups in total. The number of hydrogen-bond acceptors (Lipinski definition) is 3. The highest BCUT2D eigenvalue weighted by Gasteiger charge is 2.18. The first-order valence-corrected chi connectivity index (χ1v) is 7.03. The first-order valence-electron chi connectivity index (χ1n) is 7.03. The maximum absolute atomic E-state index is 12.3. The second-order valence-corrected chi connectivity index (χ2v) is 5.86. The Labute approximate surface area is 125 Å². The number of amides is 1. The monoisotopic (exact) mass is 293 g/mol. The first kappa shape index (κ1) is 17.0. The average molecular weight is 293 g/mol. The Morgan fingerprint density at radius 1 is 1.19 bits per heavy atom. The van der Waals surface area contributed by atoms with Gasteiger partial charge in [-0.1, -0.05) is 6.92 Å². The molecule has 1 rings (SSSR count). The fourth-order valence-corrected chi connectivity index (χ4v) is 1.89. The van der Waals surface area contributed by atoms with Crippen LogP contribution in [0.25, 0.3) is 0 Å². The van der Waals surface area contributed by atoms with Crippen LogP contribution in [0, 0.1) is 0 Å². The van der Waals surface area contributed by atoms with Gasteiger partial charge in [0.1, 0.15) is 17.9 Å².